The van der Waals surface area contributed by atoms with Gasteiger partial charge in [-0.3, -0.25) is 4.40 Å². The summed E-state index contributed by atoms with van der Waals surface area (Å²) in [4.78, 5) is 11.6. The minimum atomic E-state index is -4.63. The topological polar surface area (TPSA) is 82.0 Å². The van der Waals surface area contributed by atoms with Crippen LogP contribution in [0.2, 0.25) is 0 Å². The van der Waals surface area contributed by atoms with Crippen molar-refractivity contribution in [2.45, 2.75) is 19.5 Å². The van der Waals surface area contributed by atoms with Gasteiger partial charge in [0.05, 0.1) is 5.69 Å². The Labute approximate surface area is 132 Å². The number of aromatic nitrogens is 6. The van der Waals surface area contributed by atoms with Crippen molar-refractivity contribution in [3.63, 3.8) is 0 Å². The van der Waals surface area contributed by atoms with E-state index in [0.717, 1.165) is 6.39 Å². The van der Waals surface area contributed by atoms with Crippen LogP contribution in [0.4, 0.5) is 13.2 Å². The van der Waals surface area contributed by atoms with Crippen LogP contribution in [-0.4, -0.2) is 29.5 Å². The van der Waals surface area contributed by atoms with Gasteiger partial charge in [0.25, 0.3) is 5.89 Å². The van der Waals surface area contributed by atoms with E-state index in [0.29, 0.717) is 28.8 Å². The minimum absolute atomic E-state index is 0.130. The zero-order valence-corrected chi connectivity index (χ0v) is 12.2. The maximum atomic E-state index is 13.1. The van der Waals surface area contributed by atoms with Crippen LogP contribution < -0.4 is 0 Å². The molecule has 0 unspecified atom stereocenters. The first kappa shape index (κ1) is 14.5. The second kappa shape index (κ2) is 4.98. The molecule has 0 aliphatic heterocycles. The first-order valence-corrected chi connectivity index (χ1v) is 7.00. The zero-order valence-electron chi connectivity index (χ0n) is 12.2. The second-order valence-electron chi connectivity index (χ2n) is 5.01. The lowest BCUT2D eigenvalue weighted by Crippen LogP contribution is -2.13. The van der Waals surface area contributed by atoms with Gasteiger partial charge in [0.1, 0.15) is 17.0 Å². The van der Waals surface area contributed by atoms with E-state index in [-0.39, 0.29) is 11.5 Å². The van der Waals surface area contributed by atoms with E-state index in [1.807, 2.05) is 0 Å². The predicted octanol–water partition coefficient (Wildman–Crippen LogP) is 2.91. The van der Waals surface area contributed by atoms with Crippen molar-refractivity contribution in [3.05, 3.63) is 36.2 Å². The molecule has 122 valence electrons. The average molecular weight is 334 g/mol. The summed E-state index contributed by atoms with van der Waals surface area (Å²) in [5, 5.41) is 7.85. The molecule has 7 nitrogen and oxygen atoms in total. The van der Waals surface area contributed by atoms with Crippen LogP contribution in [0.25, 0.3) is 28.3 Å². The lowest BCUT2D eigenvalue weighted by atomic mass is 10.2. The van der Waals surface area contributed by atoms with Gasteiger partial charge in [0.2, 0.25) is 12.2 Å². The Bertz CT molecular complexity index is 1040. The molecule has 0 fully saturated rings. The lowest BCUT2D eigenvalue weighted by molar-refractivity contribution is -0.144. The Morgan fingerprint density at radius 2 is 2.00 bits per heavy atom. The molecule has 0 aromatic carbocycles. The Morgan fingerprint density at radius 1 is 1.17 bits per heavy atom. The summed E-state index contributed by atoms with van der Waals surface area (Å²) in [5.74, 6) is -1.000. The summed E-state index contributed by atoms with van der Waals surface area (Å²) < 4.78 is 45.8. The molecule has 24 heavy (non-hydrogen) atoms. The smallest absolute Gasteiger partial charge is 0.422 e. The molecule has 4 heterocycles. The summed E-state index contributed by atoms with van der Waals surface area (Å²) in [7, 11) is 0. The number of imidazole rings is 1. The third kappa shape index (κ3) is 2.18. The Kier molecular flexibility index (Phi) is 3.02. The number of hydrogen-bond acceptors (Lipinski definition) is 6. The third-order valence-corrected chi connectivity index (χ3v) is 3.53. The van der Waals surface area contributed by atoms with E-state index in [2.05, 4.69) is 25.1 Å². The fourth-order valence-corrected chi connectivity index (χ4v) is 2.48. The summed E-state index contributed by atoms with van der Waals surface area (Å²) in [6, 6.07) is 3.34. The van der Waals surface area contributed by atoms with Gasteiger partial charge in [-0.05, 0) is 18.6 Å². The number of hydrogen-bond donors (Lipinski definition) is 0. The number of aryl methyl sites for hydroxylation is 1. The van der Waals surface area contributed by atoms with Crippen LogP contribution in [0, 0.1) is 0 Å². The summed E-state index contributed by atoms with van der Waals surface area (Å²) in [6.45, 7) is 1.74. The highest BCUT2D eigenvalue weighted by Gasteiger charge is 2.35. The normalized spacial score (nSPS) is 12.3. The molecule has 0 amide bonds. The molecule has 0 aliphatic carbocycles. The Balaban J connectivity index is 2.05. The molecular weight excluding hydrogens is 325 g/mol. The number of halogens is 3. The molecule has 4 aromatic heterocycles. The molecule has 0 radical (unpaired) electrons. The zero-order chi connectivity index (χ0) is 16.9. The number of rotatable bonds is 2. The quantitative estimate of drug-likeness (QED) is 0.560. The average Bonchev–Trinajstić information content (AvgIpc) is 3.21. The molecule has 4 aromatic rings. The number of fused-ring (bicyclic) bond motifs is 3. The van der Waals surface area contributed by atoms with Crippen LogP contribution in [-0.2, 0) is 12.6 Å². The summed E-state index contributed by atoms with van der Waals surface area (Å²) >= 11 is 0. The van der Waals surface area contributed by atoms with Gasteiger partial charge >= 0.3 is 6.18 Å². The lowest BCUT2D eigenvalue weighted by Gasteiger charge is -2.10. The van der Waals surface area contributed by atoms with E-state index < -0.39 is 12.0 Å². The molecule has 4 rings (SSSR count). The van der Waals surface area contributed by atoms with Gasteiger partial charge < -0.3 is 4.42 Å². The van der Waals surface area contributed by atoms with Crippen LogP contribution in [0.5, 0.6) is 0 Å². The van der Waals surface area contributed by atoms with Gasteiger partial charge in [0, 0.05) is 11.6 Å². The van der Waals surface area contributed by atoms with Crippen molar-refractivity contribution in [2.24, 2.45) is 0 Å². The number of pyridine rings is 1. The van der Waals surface area contributed by atoms with Crippen molar-refractivity contribution in [1.82, 2.24) is 29.5 Å². The number of alkyl halides is 3. The molecular formula is C14H9F3N6O. The standard InChI is InChI=1S/C14H9F3N6O/c1-2-8-7-3-4-10-19-9(12-22-18-6-24-12)5-23(10)11(7)21-13(20-8)14(15,16)17/h3-6H,2H2,1H3. The van der Waals surface area contributed by atoms with Gasteiger partial charge in [0.15, 0.2) is 0 Å². The van der Waals surface area contributed by atoms with Crippen LogP contribution >= 0.6 is 0 Å². The highest BCUT2D eigenvalue weighted by molar-refractivity contribution is 5.81. The Hall–Kier alpha value is -3.04. The van der Waals surface area contributed by atoms with Gasteiger partial charge in [-0.2, -0.15) is 13.2 Å². The maximum absolute atomic E-state index is 13.1. The molecule has 0 aliphatic rings. The fourth-order valence-electron chi connectivity index (χ4n) is 2.48. The monoisotopic (exact) mass is 334 g/mol. The Morgan fingerprint density at radius 3 is 2.67 bits per heavy atom. The van der Waals surface area contributed by atoms with Crippen LogP contribution in [0.1, 0.15) is 18.4 Å². The van der Waals surface area contributed by atoms with Crippen LogP contribution in [0.15, 0.2) is 29.1 Å². The van der Waals surface area contributed by atoms with Crippen molar-refractivity contribution in [1.29, 1.82) is 0 Å². The van der Waals surface area contributed by atoms with E-state index in [1.165, 1.54) is 10.6 Å². The number of nitrogens with zero attached hydrogens (tertiary/aromatic N) is 6. The fraction of sp³-hybridized carbons (Fsp3) is 0.214. The molecule has 0 bridgehead atoms. The molecule has 0 saturated carbocycles. The summed E-state index contributed by atoms with van der Waals surface area (Å²) in [6.07, 6.45) is -1.62. The van der Waals surface area contributed by atoms with E-state index in [1.54, 1.807) is 19.1 Å². The highest BCUT2D eigenvalue weighted by Crippen LogP contribution is 2.29. The summed E-state index contributed by atoms with van der Waals surface area (Å²) in [5.41, 5.74) is 1.22. The molecule has 0 saturated heterocycles. The molecule has 0 atom stereocenters. The minimum Gasteiger partial charge on any atom is -0.422 e. The SMILES string of the molecule is CCc1nc(C(F)(F)F)nc2c1ccc1nc(-c3nnco3)cn12. The highest BCUT2D eigenvalue weighted by atomic mass is 19.4. The first-order valence-electron chi connectivity index (χ1n) is 7.00. The second-order valence-corrected chi connectivity index (χ2v) is 5.01. The molecule has 0 spiro atoms. The predicted molar refractivity (Wildman–Crippen MR) is 76.0 cm³/mol. The van der Waals surface area contributed by atoms with Crippen molar-refractivity contribution in [2.75, 3.05) is 0 Å². The van der Waals surface area contributed by atoms with E-state index in [9.17, 15) is 13.2 Å². The van der Waals surface area contributed by atoms with Crippen LogP contribution in [0.3, 0.4) is 0 Å². The van der Waals surface area contributed by atoms with Crippen molar-refractivity contribution < 1.29 is 17.6 Å². The van der Waals surface area contributed by atoms with E-state index in [4.69, 9.17) is 4.42 Å². The van der Waals surface area contributed by atoms with Crippen molar-refractivity contribution >= 4 is 16.7 Å². The van der Waals surface area contributed by atoms with Gasteiger partial charge in [-0.25, -0.2) is 15.0 Å². The van der Waals surface area contributed by atoms with E-state index >= 15 is 0 Å². The molecule has 0 N–H and O–H groups in total. The maximum Gasteiger partial charge on any atom is 0.451 e. The van der Waals surface area contributed by atoms with Gasteiger partial charge in [-0.15, -0.1) is 10.2 Å². The third-order valence-electron chi connectivity index (χ3n) is 3.53. The van der Waals surface area contributed by atoms with Crippen molar-refractivity contribution in [3.8, 4) is 11.6 Å². The molecule has 10 heteroatoms. The first-order chi connectivity index (χ1) is 11.5. The largest absolute Gasteiger partial charge is 0.451 e. The van der Waals surface area contributed by atoms with Gasteiger partial charge in [-0.1, -0.05) is 6.92 Å².